The van der Waals surface area contributed by atoms with Gasteiger partial charge in [0.25, 0.3) is 0 Å². The predicted molar refractivity (Wildman–Crippen MR) is 104 cm³/mol. The van der Waals surface area contributed by atoms with Crippen LogP contribution in [0.2, 0.25) is 0 Å². The van der Waals surface area contributed by atoms with Gasteiger partial charge in [-0.2, -0.15) is 5.26 Å². The average molecular weight is 362 g/mol. The normalized spacial score (nSPS) is 11.8. The second-order valence-corrected chi connectivity index (χ2v) is 6.14. The number of esters is 1. The van der Waals surface area contributed by atoms with Crippen molar-refractivity contribution in [3.8, 4) is 6.07 Å². The highest BCUT2D eigenvalue weighted by atomic mass is 16.5. The number of hydrogen-bond acceptors (Lipinski definition) is 4. The molecule has 0 atom stereocenters. The molecule has 1 aromatic heterocycles. The number of H-pyrrole nitrogens is 1. The lowest BCUT2D eigenvalue weighted by atomic mass is 9.97. The average Bonchev–Trinajstić information content (AvgIpc) is 2.94. The van der Waals surface area contributed by atoms with Crippen LogP contribution in [0.1, 0.15) is 51.5 Å². The van der Waals surface area contributed by atoms with Crippen molar-refractivity contribution in [2.24, 2.45) is 0 Å². The minimum absolute atomic E-state index is 0.0349. The number of benzene rings is 1. The van der Waals surface area contributed by atoms with E-state index in [-0.39, 0.29) is 23.3 Å². The molecular formula is C22H22N2O3. The zero-order chi connectivity index (χ0) is 20.0. The predicted octanol–water partition coefficient (Wildman–Crippen LogP) is 4.54. The minimum Gasteiger partial charge on any atom is -0.462 e. The Morgan fingerprint density at radius 2 is 1.78 bits per heavy atom. The number of Topliss-reactive ketones (excluding diaryl/α,β-unsaturated/α-hetero) is 1. The summed E-state index contributed by atoms with van der Waals surface area (Å²) in [6, 6.07) is 11.6. The summed E-state index contributed by atoms with van der Waals surface area (Å²) in [7, 11) is 0. The molecule has 1 aromatic carbocycles. The molecule has 0 radical (unpaired) electrons. The van der Waals surface area contributed by atoms with Gasteiger partial charge in [0.05, 0.1) is 17.7 Å². The van der Waals surface area contributed by atoms with Crippen molar-refractivity contribution in [3.05, 3.63) is 75.6 Å². The van der Waals surface area contributed by atoms with Crippen molar-refractivity contribution in [1.82, 2.24) is 4.98 Å². The number of nitriles is 1. The molecule has 0 saturated carbocycles. The molecule has 0 aliphatic rings. The Morgan fingerprint density at radius 1 is 1.15 bits per heavy atom. The lowest BCUT2D eigenvalue weighted by Gasteiger charge is -2.05. The Bertz CT molecular complexity index is 957. The van der Waals surface area contributed by atoms with Crippen LogP contribution in [0, 0.1) is 25.2 Å². The van der Waals surface area contributed by atoms with Crippen molar-refractivity contribution in [2.45, 2.75) is 27.7 Å². The van der Waals surface area contributed by atoms with E-state index in [1.54, 1.807) is 20.8 Å². The van der Waals surface area contributed by atoms with Crippen LogP contribution in [0.5, 0.6) is 0 Å². The van der Waals surface area contributed by atoms with Crippen LogP contribution in [0.4, 0.5) is 0 Å². The summed E-state index contributed by atoms with van der Waals surface area (Å²) in [6.07, 6.45) is 3.41. The number of nitrogens with one attached hydrogen (secondary N) is 1. The topological polar surface area (TPSA) is 83.0 Å². The molecule has 1 N–H and O–H groups in total. The Hall–Kier alpha value is -3.39. The van der Waals surface area contributed by atoms with Gasteiger partial charge in [-0.15, -0.1) is 0 Å². The monoisotopic (exact) mass is 362 g/mol. The summed E-state index contributed by atoms with van der Waals surface area (Å²) in [5.41, 5.74) is 3.14. The van der Waals surface area contributed by atoms with Crippen molar-refractivity contribution in [3.63, 3.8) is 0 Å². The Morgan fingerprint density at radius 3 is 2.37 bits per heavy atom. The highest BCUT2D eigenvalue weighted by molar-refractivity contribution is 6.17. The van der Waals surface area contributed by atoms with E-state index in [0.717, 1.165) is 11.1 Å². The molecule has 2 rings (SSSR count). The number of aryl methyl sites for hydroxylation is 2. The largest absolute Gasteiger partial charge is 0.462 e. The van der Waals surface area contributed by atoms with Crippen LogP contribution in [-0.2, 0) is 4.74 Å². The Balaban J connectivity index is 2.45. The molecular weight excluding hydrogens is 340 g/mol. The number of allylic oxidation sites excluding steroid dienone is 3. The van der Waals surface area contributed by atoms with E-state index in [0.29, 0.717) is 11.4 Å². The number of ketones is 1. The van der Waals surface area contributed by atoms with E-state index < -0.39 is 11.8 Å². The first-order valence-corrected chi connectivity index (χ1v) is 8.65. The quantitative estimate of drug-likeness (QED) is 0.269. The van der Waals surface area contributed by atoms with Gasteiger partial charge in [-0.05, 0) is 44.9 Å². The molecule has 0 amide bonds. The molecule has 0 unspecified atom stereocenters. The molecule has 0 saturated heterocycles. The van der Waals surface area contributed by atoms with Gasteiger partial charge in [-0.25, -0.2) is 4.79 Å². The van der Waals surface area contributed by atoms with E-state index in [4.69, 9.17) is 4.74 Å². The summed E-state index contributed by atoms with van der Waals surface area (Å²) >= 11 is 0. The first kappa shape index (κ1) is 19.9. The number of aromatic nitrogens is 1. The summed E-state index contributed by atoms with van der Waals surface area (Å²) in [5, 5.41) is 9.51. The van der Waals surface area contributed by atoms with E-state index in [9.17, 15) is 14.9 Å². The van der Waals surface area contributed by atoms with Gasteiger partial charge < -0.3 is 9.72 Å². The van der Waals surface area contributed by atoms with Gasteiger partial charge in [-0.1, -0.05) is 36.4 Å². The first-order chi connectivity index (χ1) is 12.9. The summed E-state index contributed by atoms with van der Waals surface area (Å²) in [6.45, 7) is 7.12. The van der Waals surface area contributed by atoms with Gasteiger partial charge >= 0.3 is 5.97 Å². The maximum absolute atomic E-state index is 13.0. The van der Waals surface area contributed by atoms with Gasteiger partial charge in [0.2, 0.25) is 5.78 Å². The number of carbonyl (C=O) groups is 2. The third-order valence-corrected chi connectivity index (χ3v) is 4.01. The second kappa shape index (κ2) is 8.81. The summed E-state index contributed by atoms with van der Waals surface area (Å²) in [5.74, 6) is -1.07. The summed E-state index contributed by atoms with van der Waals surface area (Å²) < 4.78 is 5.06. The molecule has 0 aliphatic heterocycles. The lowest BCUT2D eigenvalue weighted by molar-refractivity contribution is 0.0523. The van der Waals surface area contributed by atoms with Gasteiger partial charge in [0.1, 0.15) is 11.6 Å². The second-order valence-electron chi connectivity index (χ2n) is 6.14. The molecule has 2 aromatic rings. The lowest BCUT2D eigenvalue weighted by Crippen LogP contribution is -2.13. The maximum Gasteiger partial charge on any atom is 0.340 e. The highest BCUT2D eigenvalue weighted by Crippen LogP contribution is 2.23. The first-order valence-electron chi connectivity index (χ1n) is 8.65. The van der Waals surface area contributed by atoms with Crippen LogP contribution in [0.25, 0.3) is 6.08 Å². The molecule has 0 fully saturated rings. The zero-order valence-electron chi connectivity index (χ0n) is 15.9. The smallest absolute Gasteiger partial charge is 0.340 e. The number of nitrogens with zero attached hydrogens (tertiary/aromatic N) is 1. The number of rotatable bonds is 6. The maximum atomic E-state index is 13.0. The highest BCUT2D eigenvalue weighted by Gasteiger charge is 2.27. The molecule has 5 nitrogen and oxygen atoms in total. The fourth-order valence-electron chi connectivity index (χ4n) is 2.89. The number of ether oxygens (including phenoxy) is 1. The van der Waals surface area contributed by atoms with Crippen LogP contribution >= 0.6 is 0 Å². The number of aromatic amines is 1. The molecule has 0 spiro atoms. The van der Waals surface area contributed by atoms with Crippen molar-refractivity contribution < 1.29 is 14.3 Å². The fraction of sp³-hybridized carbons (Fsp3) is 0.227. The van der Waals surface area contributed by atoms with Gasteiger partial charge in [0, 0.05) is 11.4 Å². The van der Waals surface area contributed by atoms with E-state index >= 15 is 0 Å². The Kier molecular flexibility index (Phi) is 6.51. The van der Waals surface area contributed by atoms with Crippen molar-refractivity contribution >= 4 is 17.8 Å². The van der Waals surface area contributed by atoms with Crippen molar-refractivity contribution in [1.29, 1.82) is 5.26 Å². The number of hydrogen-bond donors (Lipinski definition) is 1. The van der Waals surface area contributed by atoms with Crippen LogP contribution in [-0.4, -0.2) is 23.3 Å². The van der Waals surface area contributed by atoms with E-state index in [1.165, 1.54) is 6.08 Å². The molecule has 1 heterocycles. The van der Waals surface area contributed by atoms with Crippen LogP contribution < -0.4 is 0 Å². The van der Waals surface area contributed by atoms with Crippen molar-refractivity contribution in [2.75, 3.05) is 6.61 Å². The SMILES string of the molecule is CCOC(=O)c1c(C)[nH]c(C)c1C(=O)/C(C#N)=C/C(C)=C/c1ccccc1. The Labute approximate surface area is 159 Å². The number of carbonyl (C=O) groups excluding carboxylic acids is 2. The molecule has 5 heteroatoms. The summed E-state index contributed by atoms with van der Waals surface area (Å²) in [4.78, 5) is 28.2. The molecule has 0 bridgehead atoms. The van der Waals surface area contributed by atoms with E-state index in [2.05, 4.69) is 4.98 Å². The molecule has 27 heavy (non-hydrogen) atoms. The standard InChI is InChI=1S/C22H22N2O3/c1-5-27-22(26)20-16(4)24-15(3)19(20)21(25)18(13-23)12-14(2)11-17-9-7-6-8-10-17/h6-12,24H,5H2,1-4H3/b14-11+,18-12+. The van der Waals surface area contributed by atoms with Gasteiger partial charge in [0.15, 0.2) is 0 Å². The molecule has 138 valence electrons. The zero-order valence-corrected chi connectivity index (χ0v) is 15.9. The fourth-order valence-corrected chi connectivity index (χ4v) is 2.89. The third-order valence-electron chi connectivity index (χ3n) is 4.01. The van der Waals surface area contributed by atoms with Crippen LogP contribution in [0.3, 0.4) is 0 Å². The third kappa shape index (κ3) is 4.62. The van der Waals surface area contributed by atoms with E-state index in [1.807, 2.05) is 49.4 Å². The van der Waals surface area contributed by atoms with Crippen LogP contribution in [0.15, 0.2) is 47.6 Å². The molecule has 0 aliphatic carbocycles. The van der Waals surface area contributed by atoms with Gasteiger partial charge in [-0.3, -0.25) is 4.79 Å². The minimum atomic E-state index is -0.573.